The number of rotatable bonds is 4. The lowest BCUT2D eigenvalue weighted by molar-refractivity contribution is -0.773. The molecule has 18 heavy (non-hydrogen) atoms. The van der Waals surface area contributed by atoms with Gasteiger partial charge in [0, 0.05) is 24.8 Å². The normalized spacial score (nSPS) is 12.1. The zero-order valence-corrected chi connectivity index (χ0v) is 9.89. The zero-order chi connectivity index (χ0) is 13.0. The van der Waals surface area contributed by atoms with E-state index >= 15 is 0 Å². The molecule has 2 rings (SSSR count). The first-order valence-corrected chi connectivity index (χ1v) is 5.52. The summed E-state index contributed by atoms with van der Waals surface area (Å²) in [5.41, 5.74) is 1.66. The van der Waals surface area contributed by atoms with Gasteiger partial charge in [-0.1, -0.05) is 4.68 Å². The van der Waals surface area contributed by atoms with Gasteiger partial charge in [0.05, 0.1) is 5.69 Å². The van der Waals surface area contributed by atoms with E-state index in [2.05, 4.69) is 15.1 Å². The molecule has 2 heterocycles. The van der Waals surface area contributed by atoms with Crippen molar-refractivity contribution >= 4 is 5.97 Å². The van der Waals surface area contributed by atoms with Gasteiger partial charge >= 0.3 is 5.97 Å². The van der Waals surface area contributed by atoms with Gasteiger partial charge in [-0.05, 0) is 11.2 Å². The van der Waals surface area contributed by atoms with Crippen molar-refractivity contribution in [2.45, 2.75) is 19.4 Å². The molecule has 0 aliphatic carbocycles. The zero-order valence-electron chi connectivity index (χ0n) is 9.89. The third-order valence-corrected chi connectivity index (χ3v) is 2.54. The molecule has 1 atom stereocenters. The molecule has 0 spiro atoms. The van der Waals surface area contributed by atoms with Crippen molar-refractivity contribution in [3.8, 4) is 11.3 Å². The highest BCUT2D eigenvalue weighted by Crippen LogP contribution is 2.12. The highest BCUT2D eigenvalue weighted by molar-refractivity contribution is 5.66. The molecule has 0 aromatic carbocycles. The minimum Gasteiger partial charge on any atom is -0.481 e. The van der Waals surface area contributed by atoms with Crippen LogP contribution in [0.5, 0.6) is 0 Å². The molecule has 2 aromatic rings. The molecule has 0 bridgehead atoms. The highest BCUT2D eigenvalue weighted by atomic mass is 16.4. The Balaban J connectivity index is 2.18. The molecule has 0 fully saturated rings. The van der Waals surface area contributed by atoms with E-state index < -0.39 is 5.97 Å². The predicted molar refractivity (Wildman–Crippen MR) is 62.4 cm³/mol. The summed E-state index contributed by atoms with van der Waals surface area (Å²) in [7, 11) is 0. The number of hydrogen-bond acceptors (Lipinski definition) is 4. The second-order valence-corrected chi connectivity index (χ2v) is 3.94. The van der Waals surface area contributed by atoms with Gasteiger partial charge in [0.2, 0.25) is 0 Å². The first kappa shape index (κ1) is 12.1. The Morgan fingerprint density at radius 2 is 2.33 bits per heavy atom. The van der Waals surface area contributed by atoms with Gasteiger partial charge in [-0.2, -0.15) is 0 Å². The first-order valence-electron chi connectivity index (χ1n) is 5.52. The third kappa shape index (κ3) is 2.85. The van der Waals surface area contributed by atoms with Gasteiger partial charge in [-0.25, -0.2) is 9.97 Å². The van der Waals surface area contributed by atoms with Gasteiger partial charge in [-0.15, -0.1) is 0 Å². The van der Waals surface area contributed by atoms with Gasteiger partial charge in [0.25, 0.3) is 0 Å². The lowest BCUT2D eigenvalue weighted by Crippen LogP contribution is -2.42. The maximum Gasteiger partial charge on any atom is 0.310 e. The highest BCUT2D eigenvalue weighted by Gasteiger charge is 2.18. The fourth-order valence-electron chi connectivity index (χ4n) is 1.59. The number of hydrogen-bond donors (Lipinski definition) is 1. The van der Waals surface area contributed by atoms with Gasteiger partial charge in [0.1, 0.15) is 18.9 Å². The maximum absolute atomic E-state index is 10.6. The molecule has 0 aliphatic rings. The average Bonchev–Trinajstić information content (AvgIpc) is 2.39. The third-order valence-electron chi connectivity index (χ3n) is 2.54. The largest absolute Gasteiger partial charge is 0.481 e. The van der Waals surface area contributed by atoms with Crippen molar-refractivity contribution in [1.29, 1.82) is 0 Å². The van der Waals surface area contributed by atoms with Crippen molar-refractivity contribution in [3.05, 3.63) is 37.1 Å². The lowest BCUT2D eigenvalue weighted by Gasteiger charge is -2.02. The van der Waals surface area contributed by atoms with Gasteiger partial charge in [0.15, 0.2) is 12.2 Å². The molecule has 0 amide bonds. The van der Waals surface area contributed by atoms with Crippen molar-refractivity contribution < 1.29 is 14.6 Å². The van der Waals surface area contributed by atoms with Crippen molar-refractivity contribution in [2.75, 3.05) is 0 Å². The van der Waals surface area contributed by atoms with Crippen LogP contribution >= 0.6 is 0 Å². The molecule has 6 nitrogen and oxygen atoms in total. The van der Waals surface area contributed by atoms with Crippen LogP contribution in [0.15, 0.2) is 37.1 Å². The monoisotopic (exact) mass is 245 g/mol. The van der Waals surface area contributed by atoms with E-state index in [4.69, 9.17) is 5.11 Å². The summed E-state index contributed by atoms with van der Waals surface area (Å²) in [6.45, 7) is 1.81. The maximum atomic E-state index is 10.6. The molecule has 0 saturated carbocycles. The van der Waals surface area contributed by atoms with E-state index in [1.54, 1.807) is 29.3 Å². The van der Waals surface area contributed by atoms with Crippen molar-refractivity contribution in [2.24, 2.45) is 0 Å². The van der Waals surface area contributed by atoms with Crippen LogP contribution in [0, 0.1) is 0 Å². The topological polar surface area (TPSA) is 79.9 Å². The number of aromatic nitrogens is 4. The fourth-order valence-corrected chi connectivity index (χ4v) is 1.59. The minimum atomic E-state index is -0.836. The summed E-state index contributed by atoms with van der Waals surface area (Å²) < 4.78 is 1.62. The summed E-state index contributed by atoms with van der Waals surface area (Å²) in [5, 5.41) is 12.9. The Morgan fingerprint density at radius 3 is 2.89 bits per heavy atom. The summed E-state index contributed by atoms with van der Waals surface area (Å²) in [4.78, 5) is 18.6. The smallest absolute Gasteiger partial charge is 0.310 e. The molecule has 1 N–H and O–H groups in total. The van der Waals surface area contributed by atoms with Crippen molar-refractivity contribution in [1.82, 2.24) is 15.1 Å². The molecule has 0 aliphatic heterocycles. The number of carbonyl (C=O) groups is 1. The van der Waals surface area contributed by atoms with Crippen LogP contribution in [0.25, 0.3) is 11.3 Å². The predicted octanol–water partition coefficient (Wildman–Crippen LogP) is 0.862. The number of aliphatic carboxylic acids is 1. The lowest BCUT2D eigenvalue weighted by atomic mass is 10.2. The molecule has 92 valence electrons. The number of carboxylic acid groups (broad SMARTS) is 1. The van der Waals surface area contributed by atoms with E-state index in [1.807, 2.05) is 13.0 Å². The Labute approximate surface area is 104 Å². The SMILES string of the molecule is CC(CC(=O)O)[n+]1ccc(-c2ccncn2)cn1. The molecule has 0 saturated heterocycles. The van der Waals surface area contributed by atoms with Gasteiger partial charge < -0.3 is 5.11 Å². The standard InChI is InChI=1S/C12H12N4O2/c1-9(6-12(17)18)16-5-3-10(7-15-16)11-2-4-13-8-14-11/h2-5,7-9H,6H2,1H3/p+1. The second-order valence-electron chi connectivity index (χ2n) is 3.94. The van der Waals surface area contributed by atoms with Crippen LogP contribution in [0.3, 0.4) is 0 Å². The Hall–Kier alpha value is -2.37. The fraction of sp³-hybridized carbons (Fsp3) is 0.250. The van der Waals surface area contributed by atoms with Crippen LogP contribution in [-0.2, 0) is 4.79 Å². The van der Waals surface area contributed by atoms with Crippen LogP contribution in [0.4, 0.5) is 0 Å². The Morgan fingerprint density at radius 1 is 1.50 bits per heavy atom. The van der Waals surface area contributed by atoms with Crippen LogP contribution in [-0.4, -0.2) is 26.1 Å². The van der Waals surface area contributed by atoms with Crippen molar-refractivity contribution in [3.63, 3.8) is 0 Å². The van der Waals surface area contributed by atoms with E-state index in [1.165, 1.54) is 6.33 Å². The molecule has 0 radical (unpaired) electrons. The van der Waals surface area contributed by atoms with E-state index in [0.717, 1.165) is 11.3 Å². The van der Waals surface area contributed by atoms with Crippen LogP contribution in [0.1, 0.15) is 19.4 Å². The van der Waals surface area contributed by atoms with Gasteiger partial charge in [-0.3, -0.25) is 4.79 Å². The van der Waals surface area contributed by atoms with E-state index in [-0.39, 0.29) is 12.5 Å². The molecule has 1 unspecified atom stereocenters. The average molecular weight is 245 g/mol. The summed E-state index contributed by atoms with van der Waals surface area (Å²) in [6, 6.07) is 3.47. The Kier molecular flexibility index (Phi) is 3.57. The van der Waals surface area contributed by atoms with Crippen LogP contribution < -0.4 is 4.68 Å². The summed E-state index contributed by atoms with van der Waals surface area (Å²) in [6.07, 6.45) is 6.61. The minimum absolute atomic E-state index is 0.0462. The summed E-state index contributed by atoms with van der Waals surface area (Å²) in [5.74, 6) is -0.836. The molecular weight excluding hydrogens is 232 g/mol. The number of nitrogens with zero attached hydrogens (tertiary/aromatic N) is 4. The van der Waals surface area contributed by atoms with E-state index in [9.17, 15) is 4.79 Å². The quantitative estimate of drug-likeness (QED) is 0.808. The van der Waals surface area contributed by atoms with Crippen LogP contribution in [0.2, 0.25) is 0 Å². The van der Waals surface area contributed by atoms with E-state index in [0.29, 0.717) is 0 Å². The number of carboxylic acids is 1. The molecular formula is C12H13N4O2+. The summed E-state index contributed by atoms with van der Waals surface area (Å²) >= 11 is 0. The first-order chi connectivity index (χ1) is 8.66. The Bertz CT molecular complexity index is 528. The molecule has 6 heteroatoms. The second kappa shape index (κ2) is 5.31. The molecule has 2 aromatic heterocycles.